The number of nitrogens with zero attached hydrogens (tertiary/aromatic N) is 1. The predicted molar refractivity (Wildman–Crippen MR) is 72.7 cm³/mol. The molecule has 4 heteroatoms. The molecular weight excluding hydrogens is 230 g/mol. The van der Waals surface area contributed by atoms with E-state index < -0.39 is 0 Å². The second-order valence-electron chi connectivity index (χ2n) is 5.14. The lowest BCUT2D eigenvalue weighted by molar-refractivity contribution is 0.208. The Balaban J connectivity index is 2.07. The molecular formula is C13H23N3S. The van der Waals surface area contributed by atoms with Crippen LogP contribution in [0.1, 0.15) is 55.8 Å². The van der Waals surface area contributed by atoms with Crippen LogP contribution in [-0.2, 0) is 0 Å². The molecule has 1 aliphatic rings. The molecule has 1 aromatic heterocycles. The third kappa shape index (κ3) is 3.06. The van der Waals surface area contributed by atoms with Crippen LogP contribution in [0.5, 0.6) is 0 Å². The molecule has 0 aliphatic heterocycles. The van der Waals surface area contributed by atoms with E-state index in [4.69, 9.17) is 5.84 Å². The zero-order chi connectivity index (χ0) is 12.3. The van der Waals surface area contributed by atoms with Gasteiger partial charge in [0.2, 0.25) is 0 Å². The zero-order valence-electron chi connectivity index (χ0n) is 10.8. The van der Waals surface area contributed by atoms with Crippen LogP contribution in [0.3, 0.4) is 0 Å². The van der Waals surface area contributed by atoms with Gasteiger partial charge in [0.25, 0.3) is 0 Å². The van der Waals surface area contributed by atoms with Gasteiger partial charge in [-0.2, -0.15) is 0 Å². The monoisotopic (exact) mass is 253 g/mol. The van der Waals surface area contributed by atoms with Crippen LogP contribution in [0, 0.1) is 18.8 Å². The minimum atomic E-state index is 0.245. The molecule has 1 saturated carbocycles. The van der Waals surface area contributed by atoms with Crippen molar-refractivity contribution in [2.24, 2.45) is 17.7 Å². The summed E-state index contributed by atoms with van der Waals surface area (Å²) in [5, 5.41) is 3.28. The van der Waals surface area contributed by atoms with Crippen molar-refractivity contribution in [2.75, 3.05) is 0 Å². The van der Waals surface area contributed by atoms with Gasteiger partial charge in [0.1, 0.15) is 0 Å². The number of hydrogen-bond donors (Lipinski definition) is 2. The highest BCUT2D eigenvalue weighted by Crippen LogP contribution is 2.38. The van der Waals surface area contributed by atoms with Crippen molar-refractivity contribution in [3.63, 3.8) is 0 Å². The topological polar surface area (TPSA) is 50.9 Å². The number of aryl methyl sites for hydroxylation is 1. The van der Waals surface area contributed by atoms with Crippen molar-refractivity contribution in [3.05, 3.63) is 16.1 Å². The molecule has 3 nitrogen and oxygen atoms in total. The third-order valence-corrected chi connectivity index (χ3v) is 4.80. The van der Waals surface area contributed by atoms with Crippen molar-refractivity contribution >= 4 is 11.3 Å². The van der Waals surface area contributed by atoms with Gasteiger partial charge in [0.15, 0.2) is 0 Å². The molecule has 0 radical (unpaired) electrons. The average Bonchev–Trinajstić information content (AvgIpc) is 2.77. The third-order valence-electron chi connectivity index (χ3n) is 4.01. The van der Waals surface area contributed by atoms with Crippen LogP contribution in [0.4, 0.5) is 0 Å². The summed E-state index contributed by atoms with van der Waals surface area (Å²) in [5.74, 6) is 7.28. The first-order chi connectivity index (χ1) is 8.24. The summed E-state index contributed by atoms with van der Waals surface area (Å²) in [6.45, 7) is 4.35. The standard InChI is InChI=1S/C13H23N3S/c1-3-10-5-4-6-11(7-10)13(16-14)12-8-17-9(2)15-12/h8,10-11,13,16H,3-7,14H2,1-2H3. The smallest absolute Gasteiger partial charge is 0.0898 e. The molecule has 1 heterocycles. The van der Waals surface area contributed by atoms with Gasteiger partial charge in [0, 0.05) is 5.38 Å². The van der Waals surface area contributed by atoms with E-state index in [9.17, 15) is 0 Å². The second kappa shape index (κ2) is 5.94. The lowest BCUT2D eigenvalue weighted by atomic mass is 9.76. The minimum Gasteiger partial charge on any atom is -0.271 e. The predicted octanol–water partition coefficient (Wildman–Crippen LogP) is 3.17. The summed E-state index contributed by atoms with van der Waals surface area (Å²) in [4.78, 5) is 4.58. The van der Waals surface area contributed by atoms with Gasteiger partial charge in [-0.3, -0.25) is 11.3 Å². The summed E-state index contributed by atoms with van der Waals surface area (Å²) in [6.07, 6.45) is 6.60. The highest BCUT2D eigenvalue weighted by atomic mass is 32.1. The van der Waals surface area contributed by atoms with Gasteiger partial charge in [0.05, 0.1) is 16.7 Å². The fourth-order valence-corrected chi connectivity index (χ4v) is 3.64. The summed E-state index contributed by atoms with van der Waals surface area (Å²) in [6, 6.07) is 0.245. The molecule has 1 aromatic rings. The molecule has 96 valence electrons. The Kier molecular flexibility index (Phi) is 4.54. The average molecular weight is 253 g/mol. The fraction of sp³-hybridized carbons (Fsp3) is 0.769. The van der Waals surface area contributed by atoms with Gasteiger partial charge in [-0.15, -0.1) is 11.3 Å². The largest absolute Gasteiger partial charge is 0.271 e. The molecule has 3 N–H and O–H groups in total. The van der Waals surface area contributed by atoms with E-state index in [-0.39, 0.29) is 6.04 Å². The van der Waals surface area contributed by atoms with Crippen molar-refractivity contribution in [1.29, 1.82) is 0 Å². The Morgan fingerprint density at radius 3 is 3.00 bits per heavy atom. The Morgan fingerprint density at radius 2 is 2.41 bits per heavy atom. The molecule has 0 aromatic carbocycles. The van der Waals surface area contributed by atoms with Gasteiger partial charge in [-0.05, 0) is 31.6 Å². The van der Waals surface area contributed by atoms with Gasteiger partial charge in [-0.25, -0.2) is 4.98 Å². The lowest BCUT2D eigenvalue weighted by Gasteiger charge is -2.33. The van der Waals surface area contributed by atoms with Gasteiger partial charge >= 0.3 is 0 Å². The van der Waals surface area contributed by atoms with Crippen molar-refractivity contribution in [2.45, 2.75) is 52.0 Å². The van der Waals surface area contributed by atoms with Gasteiger partial charge in [-0.1, -0.05) is 26.2 Å². The zero-order valence-corrected chi connectivity index (χ0v) is 11.6. The summed E-state index contributed by atoms with van der Waals surface area (Å²) >= 11 is 1.71. The quantitative estimate of drug-likeness (QED) is 0.640. The van der Waals surface area contributed by atoms with E-state index in [1.807, 2.05) is 0 Å². The van der Waals surface area contributed by atoms with Crippen LogP contribution < -0.4 is 11.3 Å². The first kappa shape index (κ1) is 13.0. The summed E-state index contributed by atoms with van der Waals surface area (Å²) < 4.78 is 0. The highest BCUT2D eigenvalue weighted by molar-refractivity contribution is 7.09. The Labute approximate surface area is 108 Å². The molecule has 0 amide bonds. The van der Waals surface area contributed by atoms with E-state index in [0.29, 0.717) is 5.92 Å². The number of hydrazine groups is 1. The molecule has 0 spiro atoms. The maximum Gasteiger partial charge on any atom is 0.0898 e. The first-order valence-corrected chi connectivity index (χ1v) is 7.50. The fourth-order valence-electron chi connectivity index (χ4n) is 2.99. The normalized spacial score (nSPS) is 27.0. The number of hydrogen-bond acceptors (Lipinski definition) is 4. The molecule has 0 bridgehead atoms. The van der Waals surface area contributed by atoms with Crippen molar-refractivity contribution in [1.82, 2.24) is 10.4 Å². The highest BCUT2D eigenvalue weighted by Gasteiger charge is 2.29. The maximum absolute atomic E-state index is 5.75. The number of nitrogens with two attached hydrogens (primary N) is 1. The molecule has 3 unspecified atom stereocenters. The van der Waals surface area contributed by atoms with Crippen LogP contribution >= 0.6 is 11.3 Å². The lowest BCUT2D eigenvalue weighted by Crippen LogP contribution is -2.36. The molecule has 1 aliphatic carbocycles. The van der Waals surface area contributed by atoms with Crippen molar-refractivity contribution in [3.8, 4) is 0 Å². The SMILES string of the molecule is CCC1CCCC(C(NN)c2csc(C)n2)C1. The number of aromatic nitrogens is 1. The van der Waals surface area contributed by atoms with E-state index in [1.165, 1.54) is 32.1 Å². The Morgan fingerprint density at radius 1 is 1.59 bits per heavy atom. The van der Waals surface area contributed by atoms with Crippen LogP contribution in [0.25, 0.3) is 0 Å². The first-order valence-electron chi connectivity index (χ1n) is 6.62. The minimum absolute atomic E-state index is 0.245. The van der Waals surface area contributed by atoms with E-state index in [0.717, 1.165) is 16.6 Å². The van der Waals surface area contributed by atoms with E-state index in [1.54, 1.807) is 11.3 Å². The molecule has 1 fully saturated rings. The van der Waals surface area contributed by atoms with E-state index >= 15 is 0 Å². The molecule has 17 heavy (non-hydrogen) atoms. The Bertz CT molecular complexity index is 350. The second-order valence-corrected chi connectivity index (χ2v) is 6.20. The van der Waals surface area contributed by atoms with Crippen molar-refractivity contribution < 1.29 is 0 Å². The Hall–Kier alpha value is -0.450. The number of nitrogens with one attached hydrogen (secondary N) is 1. The van der Waals surface area contributed by atoms with Crippen LogP contribution in [0.2, 0.25) is 0 Å². The summed E-state index contributed by atoms with van der Waals surface area (Å²) in [5.41, 5.74) is 4.13. The molecule has 3 atom stereocenters. The maximum atomic E-state index is 5.75. The molecule has 0 saturated heterocycles. The van der Waals surface area contributed by atoms with Crippen LogP contribution in [-0.4, -0.2) is 4.98 Å². The number of rotatable bonds is 4. The van der Waals surface area contributed by atoms with E-state index in [2.05, 4.69) is 29.6 Å². The van der Waals surface area contributed by atoms with Gasteiger partial charge < -0.3 is 0 Å². The molecule has 2 rings (SSSR count). The number of thiazole rings is 1. The summed E-state index contributed by atoms with van der Waals surface area (Å²) in [7, 11) is 0. The van der Waals surface area contributed by atoms with Crippen LogP contribution in [0.15, 0.2) is 5.38 Å².